The van der Waals surface area contributed by atoms with Crippen molar-refractivity contribution in [2.45, 2.75) is 6.92 Å². The predicted molar refractivity (Wildman–Crippen MR) is 77.7 cm³/mol. The van der Waals surface area contributed by atoms with Gasteiger partial charge in [0.1, 0.15) is 0 Å². The van der Waals surface area contributed by atoms with Gasteiger partial charge in [-0.05, 0) is 24.1 Å². The first-order valence-corrected chi connectivity index (χ1v) is 5.89. The Labute approximate surface area is 111 Å². The third-order valence-corrected chi connectivity index (χ3v) is 2.82. The number of nitro benzene ring substituents is 1. The summed E-state index contributed by atoms with van der Waals surface area (Å²) in [7, 11) is 0. The van der Waals surface area contributed by atoms with Gasteiger partial charge >= 0.3 is 0 Å². The summed E-state index contributed by atoms with van der Waals surface area (Å²) >= 11 is 0. The molecule has 4 nitrogen and oxygen atoms in total. The van der Waals surface area contributed by atoms with E-state index in [-0.39, 0.29) is 5.69 Å². The van der Waals surface area contributed by atoms with Gasteiger partial charge in [0.2, 0.25) is 0 Å². The minimum absolute atomic E-state index is 0.0622. The Balaban J connectivity index is 2.64. The van der Waals surface area contributed by atoms with E-state index < -0.39 is 4.92 Å². The van der Waals surface area contributed by atoms with Crippen molar-refractivity contribution in [3.63, 3.8) is 0 Å². The molecule has 0 amide bonds. The summed E-state index contributed by atoms with van der Waals surface area (Å²) in [5.41, 5.74) is 9.20. The molecule has 0 aromatic heterocycles. The average molecular weight is 254 g/mol. The van der Waals surface area contributed by atoms with Crippen LogP contribution in [0.25, 0.3) is 17.2 Å². The largest absolute Gasteiger partial charge is 0.398 e. The number of nitrogens with zero attached hydrogens (tertiary/aromatic N) is 1. The van der Waals surface area contributed by atoms with E-state index in [0.29, 0.717) is 5.69 Å². The Hall–Kier alpha value is -2.62. The molecule has 0 saturated heterocycles. The molecule has 19 heavy (non-hydrogen) atoms. The van der Waals surface area contributed by atoms with Crippen LogP contribution in [0.3, 0.4) is 0 Å². The molecule has 0 radical (unpaired) electrons. The van der Waals surface area contributed by atoms with Crippen LogP contribution in [0.2, 0.25) is 0 Å². The van der Waals surface area contributed by atoms with Gasteiger partial charge in [-0.1, -0.05) is 36.4 Å². The fourth-order valence-electron chi connectivity index (χ4n) is 2.02. The van der Waals surface area contributed by atoms with Gasteiger partial charge in [0.15, 0.2) is 0 Å². The molecule has 4 heteroatoms. The first-order valence-electron chi connectivity index (χ1n) is 5.89. The zero-order valence-corrected chi connectivity index (χ0v) is 10.5. The summed E-state index contributed by atoms with van der Waals surface area (Å²) < 4.78 is 0. The quantitative estimate of drug-likeness (QED) is 0.513. The maximum absolute atomic E-state index is 10.8. The van der Waals surface area contributed by atoms with Gasteiger partial charge in [-0.2, -0.15) is 0 Å². The Morgan fingerprint density at radius 1 is 1.21 bits per heavy atom. The van der Waals surface area contributed by atoms with Gasteiger partial charge in [0, 0.05) is 23.4 Å². The van der Waals surface area contributed by atoms with Crippen LogP contribution >= 0.6 is 0 Å². The molecular formula is C15H14N2O2. The third kappa shape index (κ3) is 2.63. The molecule has 0 aliphatic rings. The Bertz CT molecular complexity index is 648. The first-order chi connectivity index (χ1) is 9.13. The molecule has 0 unspecified atom stereocenters. The number of hydrogen-bond acceptors (Lipinski definition) is 3. The van der Waals surface area contributed by atoms with Crippen molar-refractivity contribution in [3.05, 3.63) is 64.2 Å². The molecule has 0 heterocycles. The lowest BCUT2D eigenvalue weighted by Gasteiger charge is -2.09. The van der Waals surface area contributed by atoms with E-state index in [1.807, 2.05) is 37.3 Å². The van der Waals surface area contributed by atoms with Crippen LogP contribution in [0.4, 0.5) is 11.4 Å². The molecule has 2 aromatic rings. The molecule has 0 saturated carbocycles. The second-order valence-electron chi connectivity index (χ2n) is 4.12. The van der Waals surface area contributed by atoms with E-state index in [1.54, 1.807) is 18.2 Å². The number of anilines is 1. The minimum Gasteiger partial charge on any atom is -0.398 e. The van der Waals surface area contributed by atoms with Gasteiger partial charge in [-0.15, -0.1) is 0 Å². The number of nitro groups is 1. The summed E-state index contributed by atoms with van der Waals surface area (Å²) in [6, 6.07) is 12.1. The Morgan fingerprint density at radius 2 is 1.95 bits per heavy atom. The van der Waals surface area contributed by atoms with Gasteiger partial charge in [-0.3, -0.25) is 10.1 Å². The van der Waals surface area contributed by atoms with Crippen molar-refractivity contribution in [2.75, 3.05) is 5.73 Å². The molecule has 0 fully saturated rings. The number of benzene rings is 2. The highest BCUT2D eigenvalue weighted by Gasteiger charge is 2.11. The number of nitrogen functional groups attached to an aromatic ring is 1. The number of nitrogens with two attached hydrogens (primary N) is 1. The maximum Gasteiger partial charge on any atom is 0.270 e. The highest BCUT2D eigenvalue weighted by atomic mass is 16.6. The van der Waals surface area contributed by atoms with Crippen molar-refractivity contribution in [3.8, 4) is 11.1 Å². The lowest BCUT2D eigenvalue weighted by molar-refractivity contribution is -0.384. The Kier molecular flexibility index (Phi) is 3.61. The lowest BCUT2D eigenvalue weighted by atomic mass is 9.97. The van der Waals surface area contributed by atoms with Crippen LogP contribution in [0.15, 0.2) is 48.5 Å². The van der Waals surface area contributed by atoms with Gasteiger partial charge in [0.05, 0.1) is 4.92 Å². The van der Waals surface area contributed by atoms with E-state index in [4.69, 9.17) is 5.73 Å². The topological polar surface area (TPSA) is 69.2 Å². The van der Waals surface area contributed by atoms with Crippen LogP contribution in [-0.4, -0.2) is 4.92 Å². The van der Waals surface area contributed by atoms with Crippen LogP contribution in [-0.2, 0) is 0 Å². The zero-order chi connectivity index (χ0) is 13.8. The van der Waals surface area contributed by atoms with Crippen molar-refractivity contribution in [2.24, 2.45) is 0 Å². The second kappa shape index (κ2) is 5.35. The highest BCUT2D eigenvalue weighted by Crippen LogP contribution is 2.32. The van der Waals surface area contributed by atoms with E-state index in [0.717, 1.165) is 16.7 Å². The van der Waals surface area contributed by atoms with Gasteiger partial charge < -0.3 is 5.73 Å². The molecule has 0 spiro atoms. The molecule has 2 N–H and O–H groups in total. The van der Waals surface area contributed by atoms with E-state index in [2.05, 4.69) is 0 Å². The highest BCUT2D eigenvalue weighted by molar-refractivity contribution is 5.85. The van der Waals surface area contributed by atoms with E-state index in [9.17, 15) is 10.1 Å². The summed E-state index contributed by atoms with van der Waals surface area (Å²) in [6.07, 6.45) is 3.85. The van der Waals surface area contributed by atoms with E-state index in [1.165, 1.54) is 6.07 Å². The average Bonchev–Trinajstić information content (AvgIpc) is 2.39. The molecule has 96 valence electrons. The monoisotopic (exact) mass is 254 g/mol. The standard InChI is InChI=1S/C15H14N2O2/c1-2-5-11-6-4-9-14(16)15(11)12-7-3-8-13(10-12)17(18)19/h2-10H,16H2,1H3/b5-2-. The number of non-ortho nitro benzene ring substituents is 1. The minimum atomic E-state index is -0.405. The van der Waals surface area contributed by atoms with Crippen LogP contribution in [0.5, 0.6) is 0 Å². The maximum atomic E-state index is 10.8. The molecular weight excluding hydrogens is 240 g/mol. The number of hydrogen-bond donors (Lipinski definition) is 1. The summed E-state index contributed by atoms with van der Waals surface area (Å²) in [4.78, 5) is 10.4. The van der Waals surface area contributed by atoms with Crippen LogP contribution in [0.1, 0.15) is 12.5 Å². The van der Waals surface area contributed by atoms with Crippen molar-refractivity contribution < 1.29 is 4.92 Å². The Morgan fingerprint density at radius 3 is 2.63 bits per heavy atom. The second-order valence-corrected chi connectivity index (χ2v) is 4.12. The lowest BCUT2D eigenvalue weighted by Crippen LogP contribution is -1.94. The van der Waals surface area contributed by atoms with Crippen molar-refractivity contribution in [1.29, 1.82) is 0 Å². The smallest absolute Gasteiger partial charge is 0.270 e. The number of allylic oxidation sites excluding steroid dienone is 1. The van der Waals surface area contributed by atoms with Gasteiger partial charge in [0.25, 0.3) is 5.69 Å². The number of rotatable bonds is 3. The van der Waals surface area contributed by atoms with Crippen LogP contribution < -0.4 is 5.73 Å². The van der Waals surface area contributed by atoms with Crippen LogP contribution in [0, 0.1) is 10.1 Å². The molecule has 2 aromatic carbocycles. The SMILES string of the molecule is C/C=C\c1cccc(N)c1-c1cccc([N+](=O)[O-])c1. The molecule has 0 aliphatic carbocycles. The molecule has 2 rings (SSSR count). The van der Waals surface area contributed by atoms with Gasteiger partial charge in [-0.25, -0.2) is 0 Å². The first kappa shape index (κ1) is 12.8. The summed E-state index contributed by atoms with van der Waals surface area (Å²) in [5, 5.41) is 10.8. The molecule has 0 bridgehead atoms. The van der Waals surface area contributed by atoms with E-state index >= 15 is 0 Å². The third-order valence-electron chi connectivity index (χ3n) is 2.82. The summed E-state index contributed by atoms with van der Waals surface area (Å²) in [6.45, 7) is 1.92. The normalized spacial score (nSPS) is 10.8. The van der Waals surface area contributed by atoms with Crippen molar-refractivity contribution >= 4 is 17.5 Å². The fourth-order valence-corrected chi connectivity index (χ4v) is 2.02. The predicted octanol–water partition coefficient (Wildman–Crippen LogP) is 3.88. The molecule has 0 atom stereocenters. The molecule has 0 aliphatic heterocycles. The summed E-state index contributed by atoms with van der Waals surface area (Å²) in [5.74, 6) is 0. The fraction of sp³-hybridized carbons (Fsp3) is 0.0667. The van der Waals surface area contributed by atoms with Crippen molar-refractivity contribution in [1.82, 2.24) is 0 Å². The zero-order valence-electron chi connectivity index (χ0n) is 10.5.